The number of aliphatic imine (C=N–C) groups is 1. The Morgan fingerprint density at radius 3 is 1.40 bits per heavy atom. The first-order valence-electron chi connectivity index (χ1n) is 29.7. The summed E-state index contributed by atoms with van der Waals surface area (Å²) < 4.78 is 0. The number of amides is 10. The number of carbonyl (C=O) groups is 12. The summed E-state index contributed by atoms with van der Waals surface area (Å²) >= 11 is 0. The van der Waals surface area contributed by atoms with Gasteiger partial charge in [-0.15, -0.1) is 0 Å². The first-order chi connectivity index (χ1) is 41.8. The van der Waals surface area contributed by atoms with Crippen LogP contribution in [-0.4, -0.2) is 176 Å². The molecule has 0 saturated carbocycles. The Balaban J connectivity index is 2.54. The molecule has 31 nitrogen and oxygen atoms in total. The second kappa shape index (κ2) is 39.2. The summed E-state index contributed by atoms with van der Waals surface area (Å²) in [5.41, 5.74) is 23.0. The molecule has 0 spiro atoms. The molecule has 0 radical (unpaired) electrons. The Hall–Kier alpha value is -8.74. The van der Waals surface area contributed by atoms with Crippen molar-refractivity contribution < 1.29 is 72.9 Å². The first-order valence-corrected chi connectivity index (χ1v) is 29.7. The second-order valence-electron chi connectivity index (χ2n) is 23.2. The van der Waals surface area contributed by atoms with Gasteiger partial charge in [0.25, 0.3) is 0 Å². The van der Waals surface area contributed by atoms with E-state index >= 15 is 0 Å². The van der Waals surface area contributed by atoms with Crippen LogP contribution in [0, 0.1) is 23.7 Å². The molecule has 89 heavy (non-hydrogen) atoms. The third-order valence-corrected chi connectivity index (χ3v) is 14.0. The van der Waals surface area contributed by atoms with E-state index in [0.717, 1.165) is 0 Å². The lowest BCUT2D eigenvalue weighted by molar-refractivity contribution is -0.142. The van der Waals surface area contributed by atoms with Crippen molar-refractivity contribution in [1.82, 2.24) is 57.8 Å². The number of benzene rings is 1. The summed E-state index contributed by atoms with van der Waals surface area (Å²) in [6, 6.07) is -6.01. The Labute approximate surface area is 517 Å². The summed E-state index contributed by atoms with van der Waals surface area (Å²) in [5, 5.41) is 52.3. The molecule has 1 heterocycles. The van der Waals surface area contributed by atoms with E-state index in [1.165, 1.54) is 12.5 Å². The number of rotatable bonds is 42. The van der Waals surface area contributed by atoms with Gasteiger partial charge in [0.05, 0.1) is 12.9 Å². The molecule has 1 aromatic heterocycles. The van der Waals surface area contributed by atoms with E-state index in [4.69, 9.17) is 22.9 Å². The van der Waals surface area contributed by atoms with Crippen LogP contribution < -0.4 is 70.8 Å². The predicted molar refractivity (Wildman–Crippen MR) is 326 cm³/mol. The number of carboxylic acids is 2. The van der Waals surface area contributed by atoms with Crippen molar-refractivity contribution in [3.63, 3.8) is 0 Å². The van der Waals surface area contributed by atoms with Crippen LogP contribution in [0.25, 0.3) is 0 Å². The average Bonchev–Trinajstić information content (AvgIpc) is 3.52. The Kier molecular flexibility index (Phi) is 33.6. The van der Waals surface area contributed by atoms with Gasteiger partial charge in [0.15, 0.2) is 5.96 Å². The minimum atomic E-state index is -1.73. The van der Waals surface area contributed by atoms with Gasteiger partial charge in [-0.25, -0.2) is 9.78 Å². The van der Waals surface area contributed by atoms with E-state index in [-0.39, 0.29) is 75.2 Å². The molecule has 2 aromatic rings. The van der Waals surface area contributed by atoms with Crippen molar-refractivity contribution in [1.29, 1.82) is 0 Å². The molecule has 496 valence electrons. The predicted octanol–water partition coefficient (Wildman–Crippen LogP) is -2.67. The number of nitrogens with zero attached hydrogens (tertiary/aromatic N) is 2. The molecular formula is C58H94N16O15. The van der Waals surface area contributed by atoms with E-state index in [2.05, 4.69) is 62.8 Å². The molecule has 2 rings (SSSR count). The van der Waals surface area contributed by atoms with Crippen LogP contribution in [0.2, 0.25) is 0 Å². The number of hydrogen-bond donors (Lipinski definition) is 17. The number of carboxylic acid groups (broad SMARTS) is 2. The Morgan fingerprint density at radius 1 is 0.539 bits per heavy atom. The fourth-order valence-corrected chi connectivity index (χ4v) is 9.06. The van der Waals surface area contributed by atoms with Crippen LogP contribution in [0.5, 0.6) is 0 Å². The SMILES string of the molecule is CC[C@H](C)[C@H](NC(=O)[C@H](CC(C)C)NC(=O)[C@@H](N)CO)C(=O)N[C@@H](CCCN=C(N)N)C(=O)N[C@@H](CC(C)C)C(=O)N[C@@H](CC(C)C)C(=O)N[C@@H](Cc1cnc[nH]1)C(=O)N[C@@H](CCC(=O)O)C(=O)N[C@@H](CCC(N)=O)C(=O)N[C@@H](Cc1ccccc1)C(=O)O. The fraction of sp³-hybridized carbons (Fsp3) is 0.621. The number of aliphatic hydroxyl groups excluding tert-OH is 1. The highest BCUT2D eigenvalue weighted by Crippen LogP contribution is 2.16. The lowest BCUT2D eigenvalue weighted by Gasteiger charge is -2.30. The number of H-pyrrole nitrogens is 1. The number of nitrogens with one attached hydrogen (secondary N) is 10. The van der Waals surface area contributed by atoms with Gasteiger partial charge in [0.1, 0.15) is 60.4 Å². The van der Waals surface area contributed by atoms with Crippen molar-refractivity contribution in [2.45, 2.75) is 193 Å². The molecule has 0 aliphatic rings. The quantitative estimate of drug-likeness (QED) is 0.0183. The van der Waals surface area contributed by atoms with Gasteiger partial charge in [0, 0.05) is 44.1 Å². The lowest BCUT2D eigenvalue weighted by atomic mass is 9.96. The van der Waals surface area contributed by atoms with E-state index in [9.17, 15) is 72.9 Å². The molecule has 0 unspecified atom stereocenters. The van der Waals surface area contributed by atoms with Crippen molar-refractivity contribution in [2.75, 3.05) is 13.2 Å². The van der Waals surface area contributed by atoms with Crippen LogP contribution in [0.1, 0.15) is 131 Å². The molecule has 0 aliphatic heterocycles. The molecule has 0 fully saturated rings. The van der Waals surface area contributed by atoms with E-state index < -0.39 is 170 Å². The Morgan fingerprint density at radius 2 is 0.966 bits per heavy atom. The van der Waals surface area contributed by atoms with Gasteiger partial charge < -0.3 is 91.1 Å². The van der Waals surface area contributed by atoms with Gasteiger partial charge in [-0.05, 0) is 74.2 Å². The number of guanidine groups is 1. The van der Waals surface area contributed by atoms with Crippen LogP contribution >= 0.6 is 0 Å². The van der Waals surface area contributed by atoms with Crippen LogP contribution in [-0.2, 0) is 70.4 Å². The van der Waals surface area contributed by atoms with Gasteiger partial charge in [-0.3, -0.25) is 57.7 Å². The average molecular weight is 1260 g/mol. The third kappa shape index (κ3) is 29.2. The lowest BCUT2D eigenvalue weighted by Crippen LogP contribution is -2.61. The number of aromatic nitrogens is 2. The van der Waals surface area contributed by atoms with Crippen LogP contribution in [0.15, 0.2) is 47.8 Å². The maximum Gasteiger partial charge on any atom is 0.326 e. The minimum Gasteiger partial charge on any atom is -0.481 e. The minimum absolute atomic E-state index is 0.000230. The monoisotopic (exact) mass is 1250 g/mol. The van der Waals surface area contributed by atoms with Gasteiger partial charge in [-0.2, -0.15) is 0 Å². The van der Waals surface area contributed by atoms with E-state index in [1.54, 1.807) is 71.9 Å². The molecule has 1 aromatic carbocycles. The van der Waals surface area contributed by atoms with Crippen molar-refractivity contribution in [3.8, 4) is 0 Å². The first kappa shape index (κ1) is 76.4. The van der Waals surface area contributed by atoms with Gasteiger partial charge in [0.2, 0.25) is 59.1 Å². The smallest absolute Gasteiger partial charge is 0.326 e. The molecular weight excluding hydrogens is 1160 g/mol. The zero-order valence-corrected chi connectivity index (χ0v) is 52.0. The number of nitrogens with two attached hydrogens (primary N) is 4. The number of aromatic amines is 1. The zero-order valence-electron chi connectivity index (χ0n) is 52.0. The second-order valence-corrected chi connectivity index (χ2v) is 23.2. The maximum atomic E-state index is 14.6. The highest BCUT2D eigenvalue weighted by Gasteiger charge is 2.37. The number of imidazole rings is 1. The van der Waals surface area contributed by atoms with E-state index in [1.807, 2.05) is 13.8 Å². The molecule has 0 bridgehead atoms. The molecule has 10 amide bonds. The Bertz CT molecular complexity index is 2690. The molecule has 0 aliphatic carbocycles. The van der Waals surface area contributed by atoms with Crippen molar-refractivity contribution >= 4 is 77.0 Å². The summed E-state index contributed by atoms with van der Waals surface area (Å²) in [6.07, 6.45) is 0.528. The molecule has 0 saturated heterocycles. The molecule has 21 N–H and O–H groups in total. The normalized spacial score (nSPS) is 14.9. The number of hydrogen-bond acceptors (Lipinski definition) is 16. The fourth-order valence-electron chi connectivity index (χ4n) is 9.06. The van der Waals surface area contributed by atoms with Gasteiger partial charge >= 0.3 is 11.9 Å². The largest absolute Gasteiger partial charge is 0.481 e. The van der Waals surface area contributed by atoms with Gasteiger partial charge in [-0.1, -0.05) is 92.1 Å². The topological polar surface area (TPSA) is 519 Å². The zero-order chi connectivity index (χ0) is 67.1. The third-order valence-electron chi connectivity index (χ3n) is 14.0. The summed E-state index contributed by atoms with van der Waals surface area (Å²) in [7, 11) is 0. The highest BCUT2D eigenvalue weighted by molar-refractivity contribution is 5.99. The van der Waals surface area contributed by atoms with Crippen LogP contribution in [0.3, 0.4) is 0 Å². The van der Waals surface area contributed by atoms with E-state index in [0.29, 0.717) is 17.7 Å². The summed E-state index contributed by atoms with van der Waals surface area (Å²) in [4.78, 5) is 174. The standard InChI is InChI=1S/C58H94N16O15/c1-9-33(8)47(74-55(86)42(24-32(6)7)69-48(79)36(59)28-75)56(87)68-37(16-13-21-64-58(61)62)49(80)70-40(22-30(2)3)52(83)71-41(23-31(4)5)53(84)72-43(26-35-27-63-29-65-35)54(85)67-39(18-20-46(77)78)50(81)66-38(17-19-45(60)76)51(82)73-44(57(88)89)25-34-14-11-10-12-15-34/h10-12,14-15,27,29-33,36-44,47,75H,9,13,16-26,28,59H2,1-8H3,(H2,60,76)(H,63,65)(H,66,81)(H,67,85)(H,68,87)(H,69,79)(H,70,80)(H,71,83)(H,72,84)(H,73,82)(H,74,86)(H,77,78)(H,88,89)(H4,61,62,64)/t33-,36-,37-,38-,39-,40-,41-,42-,43-,44-,47-/m0/s1. The van der Waals surface area contributed by atoms with Crippen molar-refractivity contribution in [2.24, 2.45) is 51.6 Å². The maximum absolute atomic E-state index is 14.6. The molecule has 11 atom stereocenters. The highest BCUT2D eigenvalue weighted by atomic mass is 16.4. The molecule has 31 heteroatoms. The van der Waals surface area contributed by atoms with Crippen LogP contribution in [0.4, 0.5) is 0 Å². The number of carbonyl (C=O) groups excluding carboxylic acids is 10. The van der Waals surface area contributed by atoms with Crippen molar-refractivity contribution in [3.05, 3.63) is 54.1 Å². The number of primary amides is 1. The summed E-state index contributed by atoms with van der Waals surface area (Å²) in [5.74, 6) is -13.2. The number of aliphatic carboxylic acids is 2. The summed E-state index contributed by atoms with van der Waals surface area (Å²) in [6.45, 7) is 13.5. The number of aliphatic hydroxyl groups is 1.